The van der Waals surface area contributed by atoms with Crippen molar-refractivity contribution in [3.63, 3.8) is 0 Å². The molecule has 7 unspecified atom stereocenters. The van der Waals surface area contributed by atoms with E-state index in [1.165, 1.54) is 10.9 Å². The van der Waals surface area contributed by atoms with Crippen LogP contribution in [0.25, 0.3) is 11.2 Å². The predicted octanol–water partition coefficient (Wildman–Crippen LogP) is -3.52. The van der Waals surface area contributed by atoms with Gasteiger partial charge in [-0.15, -0.1) is 0 Å². The molecule has 0 saturated carbocycles. The van der Waals surface area contributed by atoms with Gasteiger partial charge in [0.25, 0.3) is 23.5 Å². The zero-order chi connectivity index (χ0) is 23.2. The quantitative estimate of drug-likeness (QED) is 0.253. The summed E-state index contributed by atoms with van der Waals surface area (Å²) in [6.07, 6.45) is -3.94. The molecule has 0 aliphatic carbocycles. The van der Waals surface area contributed by atoms with Crippen molar-refractivity contribution >= 4 is 40.4 Å². The van der Waals surface area contributed by atoms with E-state index in [2.05, 4.69) is 28.1 Å². The third-order valence-electron chi connectivity index (χ3n) is 3.80. The molecule has 7 atom stereocenters. The van der Waals surface area contributed by atoms with E-state index in [0.717, 1.165) is 6.33 Å². The lowest BCUT2D eigenvalue weighted by Gasteiger charge is -2.33. The number of ether oxygens (including phenoxy) is 1. The first-order chi connectivity index (χ1) is 14.2. The maximum absolute atomic E-state index is 11.6. The van der Waals surface area contributed by atoms with Gasteiger partial charge in [-0.1, -0.05) is 0 Å². The zero-order valence-electron chi connectivity index (χ0n) is 14.8. The average Bonchev–Trinajstić information content (AvgIpc) is 3.13. The minimum atomic E-state index is -6.08. The third-order valence-corrected chi connectivity index (χ3v) is 7.49. The minimum Gasteiger partial charge on any atom is -0.756 e. The Kier molecular flexibility index (Phi) is 6.68. The highest BCUT2D eigenvalue weighted by molar-refractivity contribution is 7.65. The monoisotopic (exact) mass is 504 g/mol. The van der Waals surface area contributed by atoms with Gasteiger partial charge in [0, 0.05) is 0 Å². The number of imidazole rings is 1. The van der Waals surface area contributed by atoms with Gasteiger partial charge in [-0.3, -0.25) is 18.3 Å². The Morgan fingerprint density at radius 3 is 2.42 bits per heavy atom. The van der Waals surface area contributed by atoms with Crippen molar-refractivity contribution in [2.45, 2.75) is 24.5 Å². The molecule has 2 aromatic rings. The van der Waals surface area contributed by atoms with Gasteiger partial charge in [-0.05, 0) is 0 Å². The van der Waals surface area contributed by atoms with Gasteiger partial charge in [0.15, 0.2) is 17.7 Å². The average molecular weight is 504 g/mol. The van der Waals surface area contributed by atoms with Crippen LogP contribution in [0.1, 0.15) is 6.23 Å². The standard InChI is InChI=1S/C10H16N5O13P3/c11-8-5-9(13-2-12-8)15(3-14-5)10-7(17)6(16)4(26-10)1-25-30(21,22)28-31(23,24)27-29(18,19)20/h2-4,6-7,10,16-17H,1H2,(H,21,22)(H,23,24)(H2,11,12,13)(H2,18,19,20)/p-3. The number of fused-ring (bicyclic) bond motifs is 1. The second-order valence-corrected chi connectivity index (χ2v) is 10.2. The second-order valence-electron chi connectivity index (χ2n) is 5.95. The predicted molar refractivity (Wildman–Crippen MR) is 88.8 cm³/mol. The molecular formula is C10H13N5O13P3-3. The molecule has 2 aromatic heterocycles. The summed E-state index contributed by atoms with van der Waals surface area (Å²) in [4.78, 5) is 53.1. The molecule has 0 amide bonds. The molecule has 1 fully saturated rings. The molecule has 0 aromatic carbocycles. The van der Waals surface area contributed by atoms with Crippen LogP contribution in [-0.4, -0.2) is 59.5 Å². The molecule has 18 nitrogen and oxygen atoms in total. The molecule has 0 radical (unpaired) electrons. The first-order valence-corrected chi connectivity index (χ1v) is 12.3. The molecule has 3 heterocycles. The fourth-order valence-corrected chi connectivity index (χ4v) is 5.50. The fraction of sp³-hybridized carbons (Fsp3) is 0.500. The van der Waals surface area contributed by atoms with Crippen LogP contribution in [-0.2, 0) is 31.6 Å². The fourth-order valence-electron chi connectivity index (χ4n) is 2.61. The second kappa shape index (κ2) is 8.53. The Labute approximate surface area is 171 Å². The van der Waals surface area contributed by atoms with Crippen LogP contribution in [0.4, 0.5) is 5.82 Å². The number of hydrogen-bond acceptors (Lipinski definition) is 16. The van der Waals surface area contributed by atoms with E-state index < -0.39 is 54.6 Å². The van der Waals surface area contributed by atoms with E-state index in [9.17, 15) is 38.6 Å². The molecule has 5 N–H and O–H groups in total. The molecule has 21 heteroatoms. The molecular weight excluding hydrogens is 491 g/mol. The summed E-state index contributed by atoms with van der Waals surface area (Å²) < 4.78 is 50.6. The Bertz CT molecular complexity index is 1100. The van der Waals surface area contributed by atoms with Crippen molar-refractivity contribution in [1.29, 1.82) is 0 Å². The van der Waals surface area contributed by atoms with Gasteiger partial charge < -0.3 is 44.8 Å². The number of aliphatic hydroxyl groups excluding tert-OH is 2. The summed E-state index contributed by atoms with van der Waals surface area (Å²) in [6.45, 7) is -1.06. The van der Waals surface area contributed by atoms with Crippen LogP contribution in [0.3, 0.4) is 0 Å². The number of anilines is 1. The van der Waals surface area contributed by atoms with Gasteiger partial charge in [0.1, 0.15) is 30.2 Å². The molecule has 31 heavy (non-hydrogen) atoms. The normalized spacial score (nSPS) is 30.0. The Balaban J connectivity index is 1.69. The lowest BCUT2D eigenvalue weighted by molar-refractivity contribution is -0.250. The number of nitrogens with two attached hydrogens (primary N) is 1. The zero-order valence-corrected chi connectivity index (χ0v) is 17.5. The number of aliphatic hydroxyl groups is 2. The maximum Gasteiger partial charge on any atom is 0.280 e. The van der Waals surface area contributed by atoms with Gasteiger partial charge in [-0.2, -0.15) is 0 Å². The van der Waals surface area contributed by atoms with Crippen molar-refractivity contribution in [2.75, 3.05) is 12.3 Å². The van der Waals surface area contributed by atoms with E-state index in [4.69, 9.17) is 15.4 Å². The lowest BCUT2D eigenvalue weighted by Crippen LogP contribution is -2.34. The summed E-state index contributed by atoms with van der Waals surface area (Å²) in [5.74, 6) is 0.0240. The summed E-state index contributed by atoms with van der Waals surface area (Å²) in [7, 11) is -17.7. The molecule has 3 rings (SSSR count). The summed E-state index contributed by atoms with van der Waals surface area (Å²) in [5.41, 5.74) is 5.94. The number of aromatic nitrogens is 4. The highest BCUT2D eigenvalue weighted by atomic mass is 31.3. The van der Waals surface area contributed by atoms with Gasteiger partial charge in [-0.25, -0.2) is 23.6 Å². The lowest BCUT2D eigenvalue weighted by atomic mass is 10.1. The Morgan fingerprint density at radius 2 is 1.77 bits per heavy atom. The van der Waals surface area contributed by atoms with Gasteiger partial charge in [0.2, 0.25) is 0 Å². The molecule has 174 valence electrons. The summed E-state index contributed by atoms with van der Waals surface area (Å²) >= 11 is 0. The minimum absolute atomic E-state index is 0.0240. The third kappa shape index (κ3) is 5.71. The van der Waals surface area contributed by atoms with Crippen LogP contribution in [0, 0.1) is 0 Å². The molecule has 1 aliphatic heterocycles. The van der Waals surface area contributed by atoms with Gasteiger partial charge in [0.05, 0.1) is 12.9 Å². The largest absolute Gasteiger partial charge is 0.756 e. The van der Waals surface area contributed by atoms with Crippen molar-refractivity contribution in [2.24, 2.45) is 0 Å². The van der Waals surface area contributed by atoms with Gasteiger partial charge >= 0.3 is 0 Å². The number of nitrogen functional groups attached to an aromatic ring is 1. The van der Waals surface area contributed by atoms with Crippen LogP contribution in [0.5, 0.6) is 0 Å². The van der Waals surface area contributed by atoms with E-state index >= 15 is 0 Å². The molecule has 0 spiro atoms. The molecule has 1 saturated heterocycles. The number of phosphoric ester groups is 1. The Morgan fingerprint density at radius 1 is 1.10 bits per heavy atom. The summed E-state index contributed by atoms with van der Waals surface area (Å²) in [5, 5.41) is 20.3. The number of phosphoric acid groups is 3. The number of nitrogens with zero attached hydrogens (tertiary/aromatic N) is 4. The van der Waals surface area contributed by atoms with E-state index in [0.29, 0.717) is 0 Å². The molecule has 1 aliphatic rings. The van der Waals surface area contributed by atoms with Crippen molar-refractivity contribution in [1.82, 2.24) is 19.5 Å². The SMILES string of the molecule is Nc1ncnc2c1ncn2C1OC(COP(=O)([O-])OP(=O)([O-])OP(=O)([O-])O)C(O)C1O. The van der Waals surface area contributed by atoms with Crippen molar-refractivity contribution in [3.8, 4) is 0 Å². The highest BCUT2D eigenvalue weighted by Crippen LogP contribution is 2.61. The highest BCUT2D eigenvalue weighted by Gasteiger charge is 2.45. The first-order valence-electron chi connectivity index (χ1n) is 7.87. The Hall–Kier alpha value is -1.36. The van der Waals surface area contributed by atoms with E-state index in [1.807, 2.05) is 0 Å². The number of rotatable bonds is 8. The molecule has 0 bridgehead atoms. The van der Waals surface area contributed by atoms with Crippen molar-refractivity contribution in [3.05, 3.63) is 12.7 Å². The van der Waals surface area contributed by atoms with Crippen LogP contribution in [0.2, 0.25) is 0 Å². The summed E-state index contributed by atoms with van der Waals surface area (Å²) in [6, 6.07) is 0. The van der Waals surface area contributed by atoms with Crippen LogP contribution in [0.15, 0.2) is 12.7 Å². The van der Waals surface area contributed by atoms with Crippen LogP contribution >= 0.6 is 23.5 Å². The van der Waals surface area contributed by atoms with Crippen LogP contribution < -0.4 is 20.4 Å². The maximum atomic E-state index is 11.6. The van der Waals surface area contributed by atoms with E-state index in [-0.39, 0.29) is 17.0 Å². The number of hydrogen-bond donors (Lipinski definition) is 4. The van der Waals surface area contributed by atoms with Crippen molar-refractivity contribution < 1.29 is 61.4 Å². The topological polar surface area (TPSA) is 288 Å². The smallest absolute Gasteiger partial charge is 0.280 e. The van der Waals surface area contributed by atoms with E-state index in [1.54, 1.807) is 0 Å². The first kappa shape index (κ1) is 24.3.